The summed E-state index contributed by atoms with van der Waals surface area (Å²) in [6.07, 6.45) is 1.11. The summed E-state index contributed by atoms with van der Waals surface area (Å²) in [6, 6.07) is 13.1. The molecule has 0 spiro atoms. The molecular weight excluding hydrogens is 264 g/mol. The fraction of sp³-hybridized carbons (Fsp3) is 0.286. The smallest absolute Gasteiger partial charge is 0.0931 e. The van der Waals surface area contributed by atoms with Gasteiger partial charge >= 0.3 is 0 Å². The zero-order valence-corrected chi connectivity index (χ0v) is 11.5. The van der Waals surface area contributed by atoms with Gasteiger partial charge in [0.15, 0.2) is 0 Å². The van der Waals surface area contributed by atoms with Crippen LogP contribution in [0.4, 0.5) is 5.69 Å². The van der Waals surface area contributed by atoms with Crippen LogP contribution in [0.5, 0.6) is 0 Å². The largest absolute Gasteiger partial charge is 0.380 e. The topological polar surface area (TPSA) is 24.1 Å². The molecule has 0 bridgehead atoms. The van der Waals surface area contributed by atoms with E-state index in [2.05, 4.69) is 41.0 Å². The molecule has 1 aliphatic heterocycles. The number of anilines is 1. The molecule has 0 amide bonds. The average Bonchev–Trinajstić information content (AvgIpc) is 2.95. The van der Waals surface area contributed by atoms with Crippen LogP contribution in [-0.4, -0.2) is 12.6 Å². The van der Waals surface area contributed by atoms with Crippen LogP contribution in [0.1, 0.15) is 10.4 Å². The summed E-state index contributed by atoms with van der Waals surface area (Å²) < 4.78 is 0.859. The van der Waals surface area contributed by atoms with Crippen LogP contribution >= 0.6 is 22.9 Å². The van der Waals surface area contributed by atoms with Crippen LogP contribution in [0.25, 0.3) is 0 Å². The number of halogens is 1. The summed E-state index contributed by atoms with van der Waals surface area (Å²) in [5.41, 5.74) is 2.70. The molecule has 2 heterocycles. The van der Waals surface area contributed by atoms with Crippen molar-refractivity contribution in [3.8, 4) is 0 Å². The van der Waals surface area contributed by atoms with Crippen LogP contribution in [0.15, 0.2) is 36.4 Å². The van der Waals surface area contributed by atoms with Crippen molar-refractivity contribution in [2.24, 2.45) is 0 Å². The maximum absolute atomic E-state index is 5.91. The highest BCUT2D eigenvalue weighted by Gasteiger charge is 2.19. The van der Waals surface area contributed by atoms with E-state index >= 15 is 0 Å². The first kappa shape index (κ1) is 12.0. The lowest BCUT2D eigenvalue weighted by atomic mass is 10.1. The Bertz CT molecular complexity index is 513. The Morgan fingerprint density at radius 2 is 2.17 bits per heavy atom. The van der Waals surface area contributed by atoms with E-state index in [1.165, 1.54) is 16.1 Å². The molecule has 18 heavy (non-hydrogen) atoms. The molecule has 3 rings (SSSR count). The summed E-state index contributed by atoms with van der Waals surface area (Å²) in [6.45, 7) is 1.87. The van der Waals surface area contributed by atoms with E-state index in [1.54, 1.807) is 11.3 Å². The van der Waals surface area contributed by atoms with E-state index < -0.39 is 0 Å². The molecule has 94 valence electrons. The van der Waals surface area contributed by atoms with Crippen molar-refractivity contribution in [2.75, 3.05) is 11.9 Å². The first-order valence-electron chi connectivity index (χ1n) is 6.10. The third kappa shape index (κ3) is 2.69. The molecule has 2 nitrogen and oxygen atoms in total. The number of benzene rings is 1. The molecule has 2 aromatic rings. The van der Waals surface area contributed by atoms with E-state index in [0.29, 0.717) is 6.04 Å². The number of rotatable bonds is 4. The predicted molar refractivity (Wildman–Crippen MR) is 78.6 cm³/mol. The molecule has 2 N–H and O–H groups in total. The molecule has 0 saturated heterocycles. The minimum atomic E-state index is 0.498. The third-order valence-electron chi connectivity index (χ3n) is 3.16. The van der Waals surface area contributed by atoms with E-state index in [0.717, 1.165) is 23.8 Å². The van der Waals surface area contributed by atoms with E-state index in [9.17, 15) is 0 Å². The van der Waals surface area contributed by atoms with Crippen molar-refractivity contribution in [3.05, 3.63) is 51.2 Å². The molecular formula is C14H15ClN2S. The number of fused-ring (bicyclic) bond motifs is 1. The van der Waals surface area contributed by atoms with Gasteiger partial charge in [-0.05, 0) is 30.2 Å². The van der Waals surface area contributed by atoms with Crippen molar-refractivity contribution >= 4 is 28.6 Å². The summed E-state index contributed by atoms with van der Waals surface area (Å²) in [4.78, 5) is 1.29. The Labute approximate surface area is 116 Å². The van der Waals surface area contributed by atoms with Gasteiger partial charge in [0.25, 0.3) is 0 Å². The first-order valence-corrected chi connectivity index (χ1v) is 7.30. The van der Waals surface area contributed by atoms with Crippen molar-refractivity contribution in [1.82, 2.24) is 5.32 Å². The maximum Gasteiger partial charge on any atom is 0.0931 e. The second kappa shape index (κ2) is 5.31. The SMILES string of the molecule is Clc1ccc(CNCC2Cc3ccccc3N2)s1. The summed E-state index contributed by atoms with van der Waals surface area (Å²) >= 11 is 7.55. The van der Waals surface area contributed by atoms with Crippen LogP contribution < -0.4 is 10.6 Å². The Kier molecular flexibility index (Phi) is 3.55. The number of nitrogens with one attached hydrogen (secondary N) is 2. The first-order chi connectivity index (χ1) is 8.81. The quantitative estimate of drug-likeness (QED) is 0.894. The third-order valence-corrected chi connectivity index (χ3v) is 4.39. The Morgan fingerprint density at radius 1 is 1.28 bits per heavy atom. The minimum Gasteiger partial charge on any atom is -0.380 e. The molecule has 1 aromatic heterocycles. The highest BCUT2D eigenvalue weighted by molar-refractivity contribution is 7.16. The summed E-state index contributed by atoms with van der Waals surface area (Å²) in [5.74, 6) is 0. The maximum atomic E-state index is 5.91. The van der Waals surface area contributed by atoms with Crippen LogP contribution in [0.3, 0.4) is 0 Å². The van der Waals surface area contributed by atoms with Crippen molar-refractivity contribution in [1.29, 1.82) is 0 Å². The van der Waals surface area contributed by atoms with Crippen LogP contribution in [0.2, 0.25) is 4.34 Å². The van der Waals surface area contributed by atoms with Gasteiger partial charge in [-0.25, -0.2) is 0 Å². The number of para-hydroxylation sites is 1. The van der Waals surface area contributed by atoms with Gasteiger partial charge in [0.05, 0.1) is 4.34 Å². The lowest BCUT2D eigenvalue weighted by Gasteiger charge is -2.11. The number of hydrogen-bond acceptors (Lipinski definition) is 3. The van der Waals surface area contributed by atoms with Gasteiger partial charge < -0.3 is 10.6 Å². The highest BCUT2D eigenvalue weighted by Crippen LogP contribution is 2.25. The van der Waals surface area contributed by atoms with E-state index in [-0.39, 0.29) is 0 Å². The number of thiophene rings is 1. The number of hydrogen-bond donors (Lipinski definition) is 2. The average molecular weight is 279 g/mol. The zero-order valence-electron chi connectivity index (χ0n) is 9.95. The summed E-state index contributed by atoms with van der Waals surface area (Å²) in [7, 11) is 0. The lowest BCUT2D eigenvalue weighted by molar-refractivity contribution is 0.618. The lowest BCUT2D eigenvalue weighted by Crippen LogP contribution is -2.30. The highest BCUT2D eigenvalue weighted by atomic mass is 35.5. The van der Waals surface area contributed by atoms with Gasteiger partial charge in [0.1, 0.15) is 0 Å². The Balaban J connectivity index is 1.48. The summed E-state index contributed by atoms with van der Waals surface area (Å²) in [5, 5.41) is 7.02. The zero-order chi connectivity index (χ0) is 12.4. The molecule has 1 unspecified atom stereocenters. The van der Waals surface area contributed by atoms with Crippen molar-refractivity contribution in [2.45, 2.75) is 19.0 Å². The van der Waals surface area contributed by atoms with Gasteiger partial charge in [0.2, 0.25) is 0 Å². The molecule has 0 saturated carbocycles. The Hall–Kier alpha value is -1.03. The van der Waals surface area contributed by atoms with Crippen molar-refractivity contribution < 1.29 is 0 Å². The van der Waals surface area contributed by atoms with E-state index in [1.807, 2.05) is 6.07 Å². The Morgan fingerprint density at radius 3 is 2.94 bits per heavy atom. The molecule has 4 heteroatoms. The minimum absolute atomic E-state index is 0.498. The second-order valence-electron chi connectivity index (χ2n) is 4.54. The van der Waals surface area contributed by atoms with Crippen LogP contribution in [0, 0.1) is 0 Å². The van der Waals surface area contributed by atoms with Gasteiger partial charge in [0, 0.05) is 29.7 Å². The monoisotopic (exact) mass is 278 g/mol. The standard InChI is InChI=1S/C14H15ClN2S/c15-14-6-5-12(18-14)9-16-8-11-7-10-3-1-2-4-13(10)17-11/h1-6,11,16-17H,7-9H2. The second-order valence-corrected chi connectivity index (χ2v) is 6.34. The fourth-order valence-corrected chi connectivity index (χ4v) is 3.37. The van der Waals surface area contributed by atoms with Crippen LogP contribution in [-0.2, 0) is 13.0 Å². The van der Waals surface area contributed by atoms with Gasteiger partial charge in [-0.3, -0.25) is 0 Å². The van der Waals surface area contributed by atoms with Gasteiger partial charge in [-0.1, -0.05) is 29.8 Å². The van der Waals surface area contributed by atoms with Gasteiger partial charge in [-0.2, -0.15) is 0 Å². The molecule has 0 fully saturated rings. The fourth-order valence-electron chi connectivity index (χ4n) is 2.32. The molecule has 0 aliphatic carbocycles. The predicted octanol–water partition coefficient (Wildman–Crippen LogP) is 3.53. The molecule has 1 atom stereocenters. The van der Waals surface area contributed by atoms with Crippen molar-refractivity contribution in [3.63, 3.8) is 0 Å². The van der Waals surface area contributed by atoms with E-state index in [4.69, 9.17) is 11.6 Å². The molecule has 1 aliphatic rings. The normalized spacial score (nSPS) is 17.5. The van der Waals surface area contributed by atoms with Gasteiger partial charge in [-0.15, -0.1) is 11.3 Å². The molecule has 0 radical (unpaired) electrons. The molecule has 1 aromatic carbocycles.